The summed E-state index contributed by atoms with van der Waals surface area (Å²) in [5.41, 5.74) is 3.94. The first-order valence-electron chi connectivity index (χ1n) is 9.07. The molecule has 0 saturated carbocycles. The highest BCUT2D eigenvalue weighted by atomic mass is 16.4. The van der Waals surface area contributed by atoms with E-state index in [9.17, 15) is 9.59 Å². The number of carbonyl (C=O) groups is 1. The van der Waals surface area contributed by atoms with Crippen LogP contribution in [0.1, 0.15) is 28.0 Å². The zero-order chi connectivity index (χ0) is 19.9. The second-order valence-corrected chi connectivity index (χ2v) is 7.38. The van der Waals surface area contributed by atoms with E-state index in [4.69, 9.17) is 8.83 Å². The average molecular weight is 370 g/mol. The number of amides is 1. The monoisotopic (exact) mass is 370 g/mol. The van der Waals surface area contributed by atoms with E-state index in [0.717, 1.165) is 45.4 Å². The molecule has 0 bridgehead atoms. The van der Waals surface area contributed by atoms with Crippen molar-refractivity contribution in [1.29, 1.82) is 0 Å². The lowest BCUT2D eigenvalue weighted by Gasteiger charge is -2.12. The molecule has 1 N–H and O–H groups in total. The molecule has 0 aliphatic rings. The van der Waals surface area contributed by atoms with Gasteiger partial charge < -0.3 is 19.1 Å². The fourth-order valence-corrected chi connectivity index (χ4v) is 3.48. The summed E-state index contributed by atoms with van der Waals surface area (Å²) in [5, 5.41) is 4.65. The second kappa shape index (κ2) is 7.19. The molecular formula is C21H26N2O4. The number of hydrogen-bond donors (Lipinski definition) is 1. The van der Waals surface area contributed by atoms with Crippen LogP contribution in [0.15, 0.2) is 19.7 Å². The molecule has 0 saturated heterocycles. The Bertz CT molecular complexity index is 1090. The third kappa shape index (κ3) is 3.49. The molecule has 3 rings (SSSR count). The Morgan fingerprint density at radius 1 is 1.07 bits per heavy atom. The molecule has 0 radical (unpaired) electrons. The van der Waals surface area contributed by atoms with Crippen LogP contribution in [0.3, 0.4) is 0 Å². The van der Waals surface area contributed by atoms with Gasteiger partial charge in [-0.1, -0.05) is 0 Å². The Labute approximate surface area is 158 Å². The lowest BCUT2D eigenvalue weighted by molar-refractivity contribution is -0.120. The Balaban J connectivity index is 2.08. The average Bonchev–Trinajstić information content (AvgIpc) is 2.86. The number of likely N-dealkylation sites (N-methyl/N-ethyl adjacent to an activating group) is 1. The van der Waals surface area contributed by atoms with Crippen LogP contribution in [-0.2, 0) is 11.2 Å². The van der Waals surface area contributed by atoms with E-state index in [2.05, 4.69) is 5.32 Å². The molecule has 0 aliphatic heterocycles. The van der Waals surface area contributed by atoms with Crippen LogP contribution >= 0.6 is 0 Å². The van der Waals surface area contributed by atoms with Crippen LogP contribution in [0.25, 0.3) is 21.9 Å². The fraction of sp³-hybridized carbons (Fsp3) is 0.429. The third-order valence-electron chi connectivity index (χ3n) is 5.10. The van der Waals surface area contributed by atoms with Gasteiger partial charge in [-0.3, -0.25) is 4.79 Å². The van der Waals surface area contributed by atoms with Gasteiger partial charge in [0.25, 0.3) is 0 Å². The van der Waals surface area contributed by atoms with Crippen LogP contribution < -0.4 is 10.9 Å². The van der Waals surface area contributed by atoms with Crippen molar-refractivity contribution in [2.75, 3.05) is 27.2 Å². The summed E-state index contributed by atoms with van der Waals surface area (Å²) in [6, 6.07) is 1.87. The van der Waals surface area contributed by atoms with E-state index < -0.39 is 5.63 Å². The molecule has 1 amide bonds. The van der Waals surface area contributed by atoms with Gasteiger partial charge in [-0.25, -0.2) is 4.79 Å². The fourth-order valence-electron chi connectivity index (χ4n) is 3.48. The van der Waals surface area contributed by atoms with Crippen molar-refractivity contribution in [1.82, 2.24) is 10.2 Å². The van der Waals surface area contributed by atoms with Crippen LogP contribution in [-0.4, -0.2) is 38.0 Å². The lowest BCUT2D eigenvalue weighted by Crippen LogP contribution is -2.33. The van der Waals surface area contributed by atoms with Gasteiger partial charge in [0.15, 0.2) is 0 Å². The minimum Gasteiger partial charge on any atom is -0.460 e. The Morgan fingerprint density at radius 3 is 2.44 bits per heavy atom. The second-order valence-electron chi connectivity index (χ2n) is 7.38. The summed E-state index contributed by atoms with van der Waals surface area (Å²) in [5.74, 6) is 0.649. The molecule has 0 unspecified atom stereocenters. The number of rotatable bonds is 5. The van der Waals surface area contributed by atoms with Gasteiger partial charge in [-0.15, -0.1) is 0 Å². The van der Waals surface area contributed by atoms with Crippen molar-refractivity contribution in [2.24, 2.45) is 0 Å². The summed E-state index contributed by atoms with van der Waals surface area (Å²) in [4.78, 5) is 26.8. The van der Waals surface area contributed by atoms with Gasteiger partial charge >= 0.3 is 5.63 Å². The number of furan rings is 1. The molecule has 2 aromatic heterocycles. The first kappa shape index (κ1) is 19.2. The summed E-state index contributed by atoms with van der Waals surface area (Å²) < 4.78 is 11.5. The maximum atomic E-state index is 12.5. The molecule has 0 aliphatic carbocycles. The molecule has 6 nitrogen and oxygen atoms in total. The van der Waals surface area contributed by atoms with E-state index in [1.54, 1.807) is 0 Å². The van der Waals surface area contributed by atoms with Crippen molar-refractivity contribution in [3.8, 4) is 0 Å². The van der Waals surface area contributed by atoms with Crippen molar-refractivity contribution in [2.45, 2.75) is 34.1 Å². The standard InChI is InChI=1S/C21H26N2O4/c1-11-9-16-19(20-18(11)12(2)14(4)26-20)13(3)15(21(25)27-16)10-17(24)22-7-8-23(5)6/h9H,7-8,10H2,1-6H3,(H,22,24). The smallest absolute Gasteiger partial charge is 0.340 e. The van der Waals surface area contributed by atoms with Crippen LogP contribution in [0.2, 0.25) is 0 Å². The molecule has 6 heteroatoms. The van der Waals surface area contributed by atoms with E-state index in [-0.39, 0.29) is 12.3 Å². The highest BCUT2D eigenvalue weighted by Crippen LogP contribution is 2.35. The number of fused-ring (bicyclic) bond motifs is 3. The maximum Gasteiger partial charge on any atom is 0.340 e. The minimum atomic E-state index is -0.471. The predicted molar refractivity (Wildman–Crippen MR) is 106 cm³/mol. The van der Waals surface area contributed by atoms with Gasteiger partial charge in [0, 0.05) is 18.5 Å². The topological polar surface area (TPSA) is 75.7 Å². The van der Waals surface area contributed by atoms with E-state index in [1.807, 2.05) is 52.8 Å². The molecule has 1 aromatic carbocycles. The van der Waals surface area contributed by atoms with Gasteiger partial charge in [0.1, 0.15) is 16.9 Å². The molecule has 2 heterocycles. The van der Waals surface area contributed by atoms with Crippen LogP contribution in [0.4, 0.5) is 0 Å². The summed E-state index contributed by atoms with van der Waals surface area (Å²) in [6.45, 7) is 9.04. The lowest BCUT2D eigenvalue weighted by atomic mass is 9.98. The Hall–Kier alpha value is -2.60. The number of aryl methyl sites for hydroxylation is 4. The van der Waals surface area contributed by atoms with Crippen LogP contribution in [0.5, 0.6) is 0 Å². The third-order valence-corrected chi connectivity index (χ3v) is 5.10. The summed E-state index contributed by atoms with van der Waals surface area (Å²) in [6.07, 6.45) is -0.00836. The first-order valence-corrected chi connectivity index (χ1v) is 9.07. The quantitative estimate of drug-likeness (QED) is 0.699. The largest absolute Gasteiger partial charge is 0.460 e. The molecular weight excluding hydrogens is 344 g/mol. The van der Waals surface area contributed by atoms with Crippen LogP contribution in [0, 0.1) is 27.7 Å². The maximum absolute atomic E-state index is 12.5. The van der Waals surface area contributed by atoms with Gasteiger partial charge in [0.2, 0.25) is 5.91 Å². The SMILES string of the molecule is Cc1oc2c(c(C)cc3oc(=O)c(CC(=O)NCCN(C)C)c(C)c32)c1C. The number of carbonyl (C=O) groups excluding carboxylic acids is 1. The van der Waals surface area contributed by atoms with Crippen molar-refractivity contribution >= 4 is 27.8 Å². The number of benzene rings is 1. The normalized spacial score (nSPS) is 11.7. The number of nitrogens with zero attached hydrogens (tertiary/aromatic N) is 1. The minimum absolute atomic E-state index is 0.00836. The summed E-state index contributed by atoms with van der Waals surface area (Å²) >= 11 is 0. The van der Waals surface area contributed by atoms with Gasteiger partial charge in [0.05, 0.1) is 17.4 Å². The Morgan fingerprint density at radius 2 is 1.78 bits per heavy atom. The number of nitrogens with one attached hydrogen (secondary N) is 1. The van der Waals surface area contributed by atoms with E-state index >= 15 is 0 Å². The van der Waals surface area contributed by atoms with Crippen molar-refractivity contribution < 1.29 is 13.6 Å². The first-order chi connectivity index (χ1) is 12.7. The van der Waals surface area contributed by atoms with Crippen molar-refractivity contribution in [3.63, 3.8) is 0 Å². The molecule has 0 atom stereocenters. The Kier molecular flexibility index (Phi) is 5.11. The number of hydrogen-bond acceptors (Lipinski definition) is 5. The predicted octanol–water partition coefficient (Wildman–Crippen LogP) is 2.99. The molecule has 0 spiro atoms. The zero-order valence-corrected chi connectivity index (χ0v) is 16.8. The highest BCUT2D eigenvalue weighted by molar-refractivity contribution is 6.07. The molecule has 3 aromatic rings. The van der Waals surface area contributed by atoms with Gasteiger partial charge in [-0.2, -0.15) is 0 Å². The van der Waals surface area contributed by atoms with Gasteiger partial charge in [-0.05, 0) is 64.5 Å². The van der Waals surface area contributed by atoms with E-state index in [1.165, 1.54) is 0 Å². The zero-order valence-electron chi connectivity index (χ0n) is 16.8. The van der Waals surface area contributed by atoms with Crippen molar-refractivity contribution in [3.05, 3.63) is 44.5 Å². The highest BCUT2D eigenvalue weighted by Gasteiger charge is 2.21. The molecule has 144 valence electrons. The summed E-state index contributed by atoms with van der Waals surface area (Å²) in [7, 11) is 3.88. The van der Waals surface area contributed by atoms with E-state index in [0.29, 0.717) is 17.7 Å². The molecule has 27 heavy (non-hydrogen) atoms. The molecule has 0 fully saturated rings.